The summed E-state index contributed by atoms with van der Waals surface area (Å²) in [5.74, 6) is 0. The van der Waals surface area contributed by atoms with Gasteiger partial charge in [0.25, 0.3) is 0 Å². The van der Waals surface area contributed by atoms with Gasteiger partial charge in [-0.3, -0.25) is 0 Å². The van der Waals surface area contributed by atoms with Gasteiger partial charge in [0.15, 0.2) is 0 Å². The molecule has 0 bridgehead atoms. The molecule has 1 rings (SSSR count). The zero-order chi connectivity index (χ0) is 13.7. The highest BCUT2D eigenvalue weighted by Crippen LogP contribution is 2.18. The first kappa shape index (κ1) is 15.0. The fraction of sp³-hybridized carbons (Fsp3) is 0.500. The first-order valence-electron chi connectivity index (χ1n) is 5.95. The van der Waals surface area contributed by atoms with Crippen molar-refractivity contribution in [1.82, 2.24) is 14.7 Å². The summed E-state index contributed by atoms with van der Waals surface area (Å²) >= 11 is 0. The van der Waals surface area contributed by atoms with Crippen molar-refractivity contribution in [2.75, 3.05) is 19.6 Å². The van der Waals surface area contributed by atoms with E-state index in [4.69, 9.17) is 17.2 Å². The molecule has 1 saturated heterocycles. The first-order chi connectivity index (χ1) is 8.58. The molecule has 1 fully saturated rings. The molecule has 0 saturated carbocycles. The zero-order valence-electron chi connectivity index (χ0n) is 10.8. The van der Waals surface area contributed by atoms with E-state index >= 15 is 0 Å². The number of nitrogens with two attached hydrogens (primary N) is 3. The Morgan fingerprint density at radius 3 is 1.06 bits per heavy atom. The lowest BCUT2D eigenvalue weighted by molar-refractivity contribution is -0.156. The van der Waals surface area contributed by atoms with Crippen LogP contribution in [0.2, 0.25) is 0 Å². The maximum Gasteiger partial charge on any atom is 0.119 e. The van der Waals surface area contributed by atoms with Gasteiger partial charge in [-0.25, -0.2) is 14.7 Å². The molecule has 6 heteroatoms. The Balaban J connectivity index is 2.96. The van der Waals surface area contributed by atoms with E-state index in [1.807, 2.05) is 14.7 Å². The molecular weight excluding hydrogens is 228 g/mol. The van der Waals surface area contributed by atoms with E-state index in [0.717, 1.165) is 0 Å². The summed E-state index contributed by atoms with van der Waals surface area (Å²) in [5.41, 5.74) is 18.5. The average molecular weight is 252 g/mol. The van der Waals surface area contributed by atoms with Crippen LogP contribution in [-0.4, -0.2) is 53.2 Å². The summed E-state index contributed by atoms with van der Waals surface area (Å²) in [6.07, 6.45) is 4.25. The molecule has 0 spiro atoms. The zero-order valence-corrected chi connectivity index (χ0v) is 10.8. The molecule has 0 amide bonds. The number of rotatable bonds is 6. The molecule has 6 N–H and O–H groups in total. The highest BCUT2D eigenvalue weighted by molar-refractivity contribution is 4.92. The van der Waals surface area contributed by atoms with Gasteiger partial charge in [0.05, 0.1) is 0 Å². The molecular formula is C12H24N6. The van der Waals surface area contributed by atoms with Crippen LogP contribution < -0.4 is 17.2 Å². The third-order valence-electron chi connectivity index (χ3n) is 3.06. The standard InChI is InChI=1S/C12H24N6/c1-4-7-16-10(13)17(8-5-2)12(15)18(9-6-3)11(16)14/h4-6,10-12H,1-3,7-9,13-15H2. The predicted molar refractivity (Wildman–Crippen MR) is 74.6 cm³/mol. The molecule has 18 heavy (non-hydrogen) atoms. The van der Waals surface area contributed by atoms with Crippen molar-refractivity contribution >= 4 is 0 Å². The van der Waals surface area contributed by atoms with Gasteiger partial charge in [0.1, 0.15) is 18.9 Å². The Labute approximate surface area is 109 Å². The molecule has 0 atom stereocenters. The highest BCUT2D eigenvalue weighted by Gasteiger charge is 2.40. The van der Waals surface area contributed by atoms with E-state index < -0.39 is 0 Å². The first-order valence-corrected chi connectivity index (χ1v) is 5.95. The summed E-state index contributed by atoms with van der Waals surface area (Å²) in [4.78, 5) is 5.76. The maximum atomic E-state index is 6.18. The second kappa shape index (κ2) is 6.79. The van der Waals surface area contributed by atoms with Crippen LogP contribution in [0.1, 0.15) is 0 Å². The lowest BCUT2D eigenvalue weighted by Gasteiger charge is -2.53. The van der Waals surface area contributed by atoms with Crippen LogP contribution in [0.3, 0.4) is 0 Å². The number of hydrogen-bond donors (Lipinski definition) is 3. The molecule has 0 aromatic carbocycles. The lowest BCUT2D eigenvalue weighted by atomic mass is 10.3. The van der Waals surface area contributed by atoms with E-state index in [1.54, 1.807) is 18.2 Å². The molecule has 1 aliphatic heterocycles. The van der Waals surface area contributed by atoms with Crippen molar-refractivity contribution in [1.29, 1.82) is 0 Å². The quantitative estimate of drug-likeness (QED) is 0.536. The van der Waals surface area contributed by atoms with Gasteiger partial charge >= 0.3 is 0 Å². The lowest BCUT2D eigenvalue weighted by Crippen LogP contribution is -2.77. The van der Waals surface area contributed by atoms with Crippen molar-refractivity contribution in [2.45, 2.75) is 18.9 Å². The molecule has 0 aromatic rings. The van der Waals surface area contributed by atoms with Crippen LogP contribution in [0.4, 0.5) is 0 Å². The van der Waals surface area contributed by atoms with Gasteiger partial charge in [-0.1, -0.05) is 18.2 Å². The minimum atomic E-state index is -0.355. The minimum absolute atomic E-state index is 0.355. The van der Waals surface area contributed by atoms with Gasteiger partial charge in [-0.05, 0) is 0 Å². The van der Waals surface area contributed by atoms with Crippen molar-refractivity contribution in [3.05, 3.63) is 38.0 Å². The summed E-state index contributed by atoms with van der Waals surface area (Å²) in [6, 6.07) is 0. The topological polar surface area (TPSA) is 87.8 Å². The van der Waals surface area contributed by atoms with Crippen molar-refractivity contribution < 1.29 is 0 Å². The van der Waals surface area contributed by atoms with Gasteiger partial charge in [-0.15, -0.1) is 19.7 Å². The van der Waals surface area contributed by atoms with E-state index in [9.17, 15) is 0 Å². The van der Waals surface area contributed by atoms with Crippen LogP contribution >= 0.6 is 0 Å². The molecule has 0 unspecified atom stereocenters. The van der Waals surface area contributed by atoms with E-state index in [-0.39, 0.29) is 18.9 Å². The Hall–Kier alpha value is -1.02. The second-order valence-corrected chi connectivity index (χ2v) is 4.20. The normalized spacial score (nSPS) is 31.2. The molecule has 1 aliphatic rings. The maximum absolute atomic E-state index is 6.18. The Bertz CT molecular complexity index is 245. The van der Waals surface area contributed by atoms with Gasteiger partial charge in [0.2, 0.25) is 0 Å². The third-order valence-corrected chi connectivity index (χ3v) is 3.06. The molecule has 1 heterocycles. The van der Waals surface area contributed by atoms with Crippen molar-refractivity contribution in [3.8, 4) is 0 Å². The fourth-order valence-electron chi connectivity index (χ4n) is 2.14. The number of hydrogen-bond acceptors (Lipinski definition) is 6. The fourth-order valence-corrected chi connectivity index (χ4v) is 2.14. The Morgan fingerprint density at radius 1 is 0.667 bits per heavy atom. The molecule has 6 nitrogen and oxygen atoms in total. The van der Waals surface area contributed by atoms with Crippen LogP contribution in [-0.2, 0) is 0 Å². The minimum Gasteiger partial charge on any atom is -0.303 e. The Kier molecular flexibility index (Phi) is 5.67. The van der Waals surface area contributed by atoms with Crippen molar-refractivity contribution in [3.63, 3.8) is 0 Å². The average Bonchev–Trinajstić information content (AvgIpc) is 2.35. The van der Waals surface area contributed by atoms with Crippen LogP contribution in [0.15, 0.2) is 38.0 Å². The van der Waals surface area contributed by atoms with Gasteiger partial charge < -0.3 is 17.2 Å². The molecule has 0 aliphatic carbocycles. The largest absolute Gasteiger partial charge is 0.303 e. The highest BCUT2D eigenvalue weighted by atomic mass is 15.6. The van der Waals surface area contributed by atoms with E-state index in [1.165, 1.54) is 0 Å². The molecule has 0 aromatic heterocycles. The molecule has 0 radical (unpaired) electrons. The monoisotopic (exact) mass is 252 g/mol. The smallest absolute Gasteiger partial charge is 0.119 e. The van der Waals surface area contributed by atoms with Gasteiger partial charge in [-0.2, -0.15) is 0 Å². The summed E-state index contributed by atoms with van der Waals surface area (Å²) in [7, 11) is 0. The van der Waals surface area contributed by atoms with Crippen LogP contribution in [0.5, 0.6) is 0 Å². The number of nitrogens with zero attached hydrogens (tertiary/aromatic N) is 3. The third kappa shape index (κ3) is 2.86. The Morgan fingerprint density at radius 2 is 0.889 bits per heavy atom. The predicted octanol–water partition coefficient (Wildman–Crippen LogP) is -0.809. The summed E-state index contributed by atoms with van der Waals surface area (Å²) in [6.45, 7) is 13.0. The van der Waals surface area contributed by atoms with Gasteiger partial charge in [0, 0.05) is 19.6 Å². The van der Waals surface area contributed by atoms with Crippen molar-refractivity contribution in [2.24, 2.45) is 17.2 Å². The SMILES string of the molecule is C=CCN1C(N)N(CC=C)C(N)N(CC=C)C1N. The van der Waals surface area contributed by atoms with E-state index in [0.29, 0.717) is 19.6 Å². The molecule has 102 valence electrons. The summed E-state index contributed by atoms with van der Waals surface area (Å²) in [5, 5.41) is 0. The van der Waals surface area contributed by atoms with Crippen LogP contribution in [0, 0.1) is 0 Å². The summed E-state index contributed by atoms with van der Waals surface area (Å²) < 4.78 is 0. The second-order valence-electron chi connectivity index (χ2n) is 4.20. The van der Waals surface area contributed by atoms with E-state index in [2.05, 4.69) is 19.7 Å². The van der Waals surface area contributed by atoms with Crippen LogP contribution in [0.25, 0.3) is 0 Å².